The Morgan fingerprint density at radius 3 is 2.59 bits per heavy atom. The number of esters is 1. The molecule has 9 heteroatoms. The van der Waals surface area contributed by atoms with E-state index < -0.39 is 22.8 Å². The number of aromatic nitrogens is 1. The van der Waals surface area contributed by atoms with Crippen molar-refractivity contribution in [2.45, 2.75) is 57.7 Å². The molecule has 2 N–H and O–H groups in total. The zero-order valence-electron chi connectivity index (χ0n) is 18.5. The Morgan fingerprint density at radius 2 is 1.97 bits per heavy atom. The largest absolute Gasteiger partial charge is 0.477 e. The van der Waals surface area contributed by atoms with E-state index in [1.807, 2.05) is 25.7 Å². The summed E-state index contributed by atoms with van der Waals surface area (Å²) >= 11 is 0. The van der Waals surface area contributed by atoms with Gasteiger partial charge in [-0.1, -0.05) is 0 Å². The van der Waals surface area contributed by atoms with Crippen LogP contribution in [0.3, 0.4) is 0 Å². The minimum atomic E-state index is -1.31. The number of carbonyl (C=O) groups is 2. The van der Waals surface area contributed by atoms with Gasteiger partial charge < -0.3 is 24.6 Å². The molecule has 2 aromatic rings. The van der Waals surface area contributed by atoms with Crippen LogP contribution in [0.15, 0.2) is 23.1 Å². The fraction of sp³-hybridized carbons (Fsp3) is 0.522. The minimum Gasteiger partial charge on any atom is -0.477 e. The summed E-state index contributed by atoms with van der Waals surface area (Å²) in [5, 5.41) is 12.6. The normalized spacial score (nSPS) is 18.9. The summed E-state index contributed by atoms with van der Waals surface area (Å²) in [5.74, 6) is -2.21. The van der Waals surface area contributed by atoms with E-state index in [9.17, 15) is 19.5 Å². The number of anilines is 1. The smallest absolute Gasteiger partial charge is 0.341 e. The molecule has 1 atom stereocenters. The van der Waals surface area contributed by atoms with Crippen molar-refractivity contribution in [2.24, 2.45) is 0 Å². The number of carboxylic acids is 1. The van der Waals surface area contributed by atoms with Gasteiger partial charge in [-0.3, -0.25) is 9.59 Å². The van der Waals surface area contributed by atoms with Crippen LogP contribution in [0.4, 0.5) is 10.1 Å². The maximum Gasteiger partial charge on any atom is 0.341 e. The maximum atomic E-state index is 15.0. The van der Waals surface area contributed by atoms with Crippen molar-refractivity contribution in [1.29, 1.82) is 0 Å². The van der Waals surface area contributed by atoms with E-state index in [-0.39, 0.29) is 35.5 Å². The molecule has 0 amide bonds. The van der Waals surface area contributed by atoms with Crippen LogP contribution in [0.1, 0.15) is 56.4 Å². The number of hydrogen-bond donors (Lipinski definition) is 2. The number of pyridine rings is 1. The molecule has 1 aromatic carbocycles. The Hall–Kier alpha value is -2.94. The zero-order valence-corrected chi connectivity index (χ0v) is 18.5. The molecule has 8 nitrogen and oxygen atoms in total. The molecule has 0 spiro atoms. The highest BCUT2D eigenvalue weighted by molar-refractivity contribution is 5.93. The predicted molar refractivity (Wildman–Crippen MR) is 118 cm³/mol. The van der Waals surface area contributed by atoms with Gasteiger partial charge in [-0.05, 0) is 52.2 Å². The molecule has 1 aromatic heterocycles. The van der Waals surface area contributed by atoms with Gasteiger partial charge in [0.2, 0.25) is 5.43 Å². The lowest BCUT2D eigenvalue weighted by molar-refractivity contribution is -0.153. The third-order valence-corrected chi connectivity index (χ3v) is 5.76. The van der Waals surface area contributed by atoms with Gasteiger partial charge in [0.1, 0.15) is 17.0 Å². The Morgan fingerprint density at radius 1 is 1.25 bits per heavy atom. The molecule has 0 bridgehead atoms. The number of ether oxygens (including phenoxy) is 1. The number of fused-ring (bicyclic) bond motifs is 1. The predicted octanol–water partition coefficient (Wildman–Crippen LogP) is 2.68. The van der Waals surface area contributed by atoms with Gasteiger partial charge in [0.05, 0.1) is 17.7 Å². The first kappa shape index (κ1) is 22.3. The Kier molecular flexibility index (Phi) is 5.70. The molecule has 4 rings (SSSR count). The molecule has 2 aliphatic rings. The number of carboxylic acid groups (broad SMARTS) is 1. The summed E-state index contributed by atoms with van der Waals surface area (Å²) in [7, 11) is 0. The molecule has 1 aliphatic heterocycles. The average Bonchev–Trinajstić information content (AvgIpc) is 3.42. The van der Waals surface area contributed by atoms with Gasteiger partial charge in [0.25, 0.3) is 0 Å². The molecule has 172 valence electrons. The van der Waals surface area contributed by atoms with E-state index in [1.54, 1.807) is 10.6 Å². The summed E-state index contributed by atoms with van der Waals surface area (Å²) in [4.78, 5) is 37.9. The fourth-order valence-electron chi connectivity index (χ4n) is 4.16. The summed E-state index contributed by atoms with van der Waals surface area (Å²) < 4.78 is 22.1. The minimum absolute atomic E-state index is 0.00220. The Bertz CT molecular complexity index is 1130. The van der Waals surface area contributed by atoms with Gasteiger partial charge in [0.15, 0.2) is 0 Å². The zero-order chi connectivity index (χ0) is 23.2. The first-order valence-corrected chi connectivity index (χ1v) is 10.9. The van der Waals surface area contributed by atoms with Crippen molar-refractivity contribution < 1.29 is 23.8 Å². The number of benzene rings is 1. The third-order valence-electron chi connectivity index (χ3n) is 5.76. The topological polar surface area (TPSA) is 101 Å². The molecule has 32 heavy (non-hydrogen) atoms. The lowest BCUT2D eigenvalue weighted by Gasteiger charge is -2.22. The van der Waals surface area contributed by atoms with Crippen LogP contribution in [-0.2, 0) is 9.53 Å². The van der Waals surface area contributed by atoms with Crippen LogP contribution in [0.5, 0.6) is 0 Å². The molecule has 1 saturated heterocycles. The van der Waals surface area contributed by atoms with Crippen LogP contribution < -0.4 is 15.6 Å². The highest BCUT2D eigenvalue weighted by atomic mass is 19.1. The molecule has 0 radical (unpaired) electrons. The quantitative estimate of drug-likeness (QED) is 0.660. The molecular formula is C23H28FN3O5. The van der Waals surface area contributed by atoms with Crippen LogP contribution in [0.25, 0.3) is 10.9 Å². The van der Waals surface area contributed by atoms with E-state index in [1.165, 1.54) is 6.20 Å². The number of hydrogen-bond acceptors (Lipinski definition) is 6. The molecule has 1 saturated carbocycles. The summed E-state index contributed by atoms with van der Waals surface area (Å²) in [6.45, 7) is 6.61. The van der Waals surface area contributed by atoms with Crippen molar-refractivity contribution in [3.05, 3.63) is 39.9 Å². The van der Waals surface area contributed by atoms with E-state index in [0.29, 0.717) is 24.3 Å². The summed E-state index contributed by atoms with van der Waals surface area (Å²) in [6.07, 6.45) is 3.89. The van der Waals surface area contributed by atoms with Crippen LogP contribution in [-0.4, -0.2) is 52.9 Å². The van der Waals surface area contributed by atoms with Crippen molar-refractivity contribution in [3.8, 4) is 0 Å². The molecule has 1 aliphatic carbocycles. The lowest BCUT2D eigenvalue weighted by Crippen LogP contribution is -2.38. The number of rotatable bonds is 6. The standard InChI is InChI=1S/C23H28FN3O5/c1-23(2,3)32-20(28)10-25-13-6-7-26(11-13)19-9-18-15(8-17(19)24)21(29)16(22(30)31)12-27(18)14-4-5-14/h8-9,12-14,25H,4-7,10-11H2,1-3H3,(H,30,31)/t13-/m1/s1. The third kappa shape index (κ3) is 4.62. The van der Waals surface area contributed by atoms with Crippen molar-refractivity contribution in [1.82, 2.24) is 9.88 Å². The highest BCUT2D eigenvalue weighted by Crippen LogP contribution is 2.38. The summed E-state index contributed by atoms with van der Waals surface area (Å²) in [6, 6.07) is 2.92. The van der Waals surface area contributed by atoms with Crippen molar-refractivity contribution in [2.75, 3.05) is 24.5 Å². The number of nitrogens with zero attached hydrogens (tertiary/aromatic N) is 2. The number of halogens is 1. The lowest BCUT2D eigenvalue weighted by atomic mass is 10.1. The molecule has 2 heterocycles. The van der Waals surface area contributed by atoms with Gasteiger partial charge >= 0.3 is 11.9 Å². The Labute approximate surface area is 185 Å². The van der Waals surface area contributed by atoms with Crippen molar-refractivity contribution in [3.63, 3.8) is 0 Å². The second kappa shape index (κ2) is 8.20. The Balaban J connectivity index is 1.56. The molecule has 0 unspecified atom stereocenters. The SMILES string of the molecule is CC(C)(C)OC(=O)CN[C@@H]1CCN(c2cc3c(cc2F)c(=O)c(C(=O)O)cn3C2CC2)C1. The first-order valence-electron chi connectivity index (χ1n) is 10.9. The first-order chi connectivity index (χ1) is 15.0. The van der Waals surface area contributed by atoms with Gasteiger partial charge in [0, 0.05) is 36.8 Å². The van der Waals surface area contributed by atoms with E-state index >= 15 is 4.39 Å². The van der Waals surface area contributed by atoms with E-state index in [4.69, 9.17) is 4.74 Å². The van der Waals surface area contributed by atoms with Gasteiger partial charge in [-0.15, -0.1) is 0 Å². The average molecular weight is 445 g/mol. The van der Waals surface area contributed by atoms with Crippen LogP contribution in [0.2, 0.25) is 0 Å². The van der Waals surface area contributed by atoms with Crippen LogP contribution >= 0.6 is 0 Å². The van der Waals surface area contributed by atoms with Gasteiger partial charge in [-0.2, -0.15) is 0 Å². The van der Waals surface area contributed by atoms with E-state index in [2.05, 4.69) is 5.32 Å². The molecular weight excluding hydrogens is 417 g/mol. The number of aromatic carboxylic acids is 1. The van der Waals surface area contributed by atoms with E-state index in [0.717, 1.165) is 25.3 Å². The second-order valence-corrected chi connectivity index (χ2v) is 9.54. The maximum absolute atomic E-state index is 15.0. The van der Waals surface area contributed by atoms with Crippen LogP contribution in [0, 0.1) is 5.82 Å². The monoisotopic (exact) mass is 445 g/mol. The second-order valence-electron chi connectivity index (χ2n) is 9.54. The summed E-state index contributed by atoms with van der Waals surface area (Å²) in [5.41, 5.74) is -0.649. The van der Waals surface area contributed by atoms with Crippen molar-refractivity contribution >= 4 is 28.5 Å². The fourth-order valence-corrected chi connectivity index (χ4v) is 4.16. The highest BCUT2D eigenvalue weighted by Gasteiger charge is 2.30. The molecule has 2 fully saturated rings. The number of carbonyl (C=O) groups excluding carboxylic acids is 1. The van der Waals surface area contributed by atoms with Gasteiger partial charge in [-0.25, -0.2) is 9.18 Å². The number of nitrogens with one attached hydrogen (secondary N) is 1.